The van der Waals surface area contributed by atoms with Crippen LogP contribution in [0.2, 0.25) is 0 Å². The Bertz CT molecular complexity index is 526. The molecule has 1 N–H and O–H groups in total. The molecule has 0 aromatic heterocycles. The molecule has 0 radical (unpaired) electrons. The number of ether oxygens (including phenoxy) is 1. The predicted molar refractivity (Wildman–Crippen MR) is 68.5 cm³/mol. The molecule has 5 heteroatoms. The van der Waals surface area contributed by atoms with Crippen LogP contribution >= 0.6 is 0 Å². The van der Waals surface area contributed by atoms with Crippen molar-refractivity contribution in [2.24, 2.45) is 0 Å². The number of nitrogens with zero attached hydrogens (tertiary/aromatic N) is 2. The summed E-state index contributed by atoms with van der Waals surface area (Å²) in [6, 6.07) is 8.81. The monoisotopic (exact) mass is 260 g/mol. The van der Waals surface area contributed by atoms with Crippen molar-refractivity contribution in [3.8, 4) is 11.8 Å². The molecule has 1 saturated heterocycles. The molecule has 0 spiro atoms. The standard InChI is InChI=1S/C14H16N2O3/c1-10(13(17)16-8-14(2,18)9-16)19-12-6-4-3-5-11(12)7-15/h3-6,10,18H,8-9H2,1-2H3. The van der Waals surface area contributed by atoms with Crippen molar-refractivity contribution in [3.63, 3.8) is 0 Å². The van der Waals surface area contributed by atoms with E-state index in [1.165, 1.54) is 0 Å². The number of rotatable bonds is 3. The summed E-state index contributed by atoms with van der Waals surface area (Å²) < 4.78 is 5.53. The number of benzene rings is 1. The SMILES string of the molecule is CC(Oc1ccccc1C#N)C(=O)N1CC(C)(O)C1. The van der Waals surface area contributed by atoms with Crippen LogP contribution in [0.25, 0.3) is 0 Å². The van der Waals surface area contributed by atoms with E-state index in [-0.39, 0.29) is 5.91 Å². The van der Waals surface area contributed by atoms with E-state index in [0.29, 0.717) is 24.4 Å². The third-order valence-electron chi connectivity index (χ3n) is 3.03. The van der Waals surface area contributed by atoms with Gasteiger partial charge in [0, 0.05) is 0 Å². The van der Waals surface area contributed by atoms with E-state index in [1.54, 1.807) is 43.0 Å². The fourth-order valence-corrected chi connectivity index (χ4v) is 2.09. The van der Waals surface area contributed by atoms with Gasteiger partial charge in [0.2, 0.25) is 0 Å². The van der Waals surface area contributed by atoms with E-state index in [9.17, 15) is 9.90 Å². The minimum absolute atomic E-state index is 0.181. The smallest absolute Gasteiger partial charge is 0.263 e. The molecule has 0 saturated carbocycles. The predicted octanol–water partition coefficient (Wildman–Crippen LogP) is 0.919. The van der Waals surface area contributed by atoms with Crippen LogP contribution in [0.3, 0.4) is 0 Å². The van der Waals surface area contributed by atoms with Crippen LogP contribution in [0, 0.1) is 11.3 Å². The molecule has 1 fully saturated rings. The number of hydrogen-bond acceptors (Lipinski definition) is 4. The van der Waals surface area contributed by atoms with Gasteiger partial charge in [-0.3, -0.25) is 4.79 Å². The normalized spacial score (nSPS) is 18.1. The lowest BCUT2D eigenvalue weighted by Crippen LogP contribution is -2.63. The van der Waals surface area contributed by atoms with Crippen molar-refractivity contribution in [2.45, 2.75) is 25.6 Å². The van der Waals surface area contributed by atoms with Crippen molar-refractivity contribution in [1.29, 1.82) is 5.26 Å². The second-order valence-electron chi connectivity index (χ2n) is 5.06. The fourth-order valence-electron chi connectivity index (χ4n) is 2.09. The van der Waals surface area contributed by atoms with Gasteiger partial charge in [-0.05, 0) is 26.0 Å². The maximum Gasteiger partial charge on any atom is 0.263 e. The van der Waals surface area contributed by atoms with Gasteiger partial charge < -0.3 is 14.7 Å². The van der Waals surface area contributed by atoms with Crippen LogP contribution in [0.1, 0.15) is 19.4 Å². The number of para-hydroxylation sites is 1. The molecule has 1 aromatic rings. The lowest BCUT2D eigenvalue weighted by molar-refractivity contribution is -0.158. The average molecular weight is 260 g/mol. The summed E-state index contributed by atoms with van der Waals surface area (Å²) in [6.45, 7) is 3.97. The third-order valence-corrected chi connectivity index (χ3v) is 3.03. The van der Waals surface area contributed by atoms with E-state index in [1.807, 2.05) is 6.07 Å². The quantitative estimate of drug-likeness (QED) is 0.877. The van der Waals surface area contributed by atoms with Crippen LogP contribution in [0.4, 0.5) is 0 Å². The van der Waals surface area contributed by atoms with Crippen LogP contribution in [0.5, 0.6) is 5.75 Å². The lowest BCUT2D eigenvalue weighted by Gasteiger charge is -2.44. The molecule has 1 atom stereocenters. The highest BCUT2D eigenvalue weighted by molar-refractivity contribution is 5.82. The Balaban J connectivity index is 2.00. The van der Waals surface area contributed by atoms with Crippen LogP contribution in [-0.4, -0.2) is 40.7 Å². The number of hydrogen-bond donors (Lipinski definition) is 1. The molecule has 1 aliphatic heterocycles. The first-order valence-corrected chi connectivity index (χ1v) is 6.10. The summed E-state index contributed by atoms with van der Waals surface area (Å²) in [4.78, 5) is 13.6. The van der Waals surface area contributed by atoms with Crippen molar-refractivity contribution in [2.75, 3.05) is 13.1 Å². The van der Waals surface area contributed by atoms with Gasteiger partial charge in [-0.25, -0.2) is 0 Å². The molecule has 19 heavy (non-hydrogen) atoms. The molecule has 1 aliphatic rings. The summed E-state index contributed by atoms with van der Waals surface area (Å²) in [5.41, 5.74) is -0.391. The zero-order valence-corrected chi connectivity index (χ0v) is 11.0. The number of aliphatic hydroxyl groups is 1. The average Bonchev–Trinajstić information content (AvgIpc) is 2.35. The molecule has 1 heterocycles. The zero-order valence-electron chi connectivity index (χ0n) is 11.0. The minimum atomic E-state index is -0.792. The number of nitriles is 1. The van der Waals surface area contributed by atoms with Gasteiger partial charge in [-0.1, -0.05) is 12.1 Å². The molecule has 100 valence electrons. The maximum absolute atomic E-state index is 12.0. The first-order chi connectivity index (χ1) is 8.93. The molecule has 2 rings (SSSR count). The number of carbonyl (C=O) groups is 1. The Morgan fingerprint density at radius 2 is 2.16 bits per heavy atom. The first-order valence-electron chi connectivity index (χ1n) is 6.10. The topological polar surface area (TPSA) is 73.6 Å². The van der Waals surface area contributed by atoms with Crippen molar-refractivity contribution in [3.05, 3.63) is 29.8 Å². The summed E-state index contributed by atoms with van der Waals surface area (Å²) in [6.07, 6.45) is -0.675. The van der Waals surface area contributed by atoms with E-state index in [2.05, 4.69) is 0 Å². The largest absolute Gasteiger partial charge is 0.480 e. The number of β-amino-alcohol motifs (C(OH)–C–C–N with tert-alkyl or cyclic N) is 1. The van der Waals surface area contributed by atoms with Crippen molar-refractivity contribution >= 4 is 5.91 Å². The van der Waals surface area contributed by atoms with Crippen molar-refractivity contribution < 1.29 is 14.6 Å². The van der Waals surface area contributed by atoms with E-state index in [0.717, 1.165) is 0 Å². The number of likely N-dealkylation sites (tertiary alicyclic amines) is 1. The molecular formula is C14H16N2O3. The van der Waals surface area contributed by atoms with Gasteiger partial charge in [0.15, 0.2) is 6.10 Å². The number of carbonyl (C=O) groups excluding carboxylic acids is 1. The van der Waals surface area contributed by atoms with Crippen molar-refractivity contribution in [1.82, 2.24) is 4.90 Å². The highest BCUT2D eigenvalue weighted by atomic mass is 16.5. The molecule has 5 nitrogen and oxygen atoms in total. The van der Waals surface area contributed by atoms with E-state index in [4.69, 9.17) is 10.00 Å². The fraction of sp³-hybridized carbons (Fsp3) is 0.429. The molecule has 0 aliphatic carbocycles. The Labute approximate surface area is 112 Å². The van der Waals surface area contributed by atoms with Gasteiger partial charge >= 0.3 is 0 Å². The van der Waals surface area contributed by atoms with Crippen LogP contribution in [0.15, 0.2) is 24.3 Å². The third kappa shape index (κ3) is 2.85. The van der Waals surface area contributed by atoms with Gasteiger partial charge in [0.05, 0.1) is 24.3 Å². The highest BCUT2D eigenvalue weighted by Crippen LogP contribution is 2.23. The summed E-state index contributed by atoms with van der Waals surface area (Å²) in [5, 5.41) is 18.6. The Morgan fingerprint density at radius 3 is 2.74 bits per heavy atom. The Kier molecular flexibility index (Phi) is 3.45. The van der Waals surface area contributed by atoms with Gasteiger partial charge in [-0.15, -0.1) is 0 Å². The van der Waals surface area contributed by atoms with Gasteiger partial charge in [-0.2, -0.15) is 5.26 Å². The molecule has 1 unspecified atom stereocenters. The maximum atomic E-state index is 12.0. The summed E-state index contributed by atoms with van der Waals surface area (Å²) >= 11 is 0. The summed E-state index contributed by atoms with van der Waals surface area (Å²) in [5.74, 6) is 0.220. The first kappa shape index (κ1) is 13.4. The Hall–Kier alpha value is -2.06. The molecule has 1 amide bonds. The Morgan fingerprint density at radius 1 is 1.53 bits per heavy atom. The zero-order chi connectivity index (χ0) is 14.0. The summed E-state index contributed by atoms with van der Waals surface area (Å²) in [7, 11) is 0. The molecule has 0 bridgehead atoms. The van der Waals surface area contributed by atoms with E-state index < -0.39 is 11.7 Å². The second-order valence-corrected chi connectivity index (χ2v) is 5.06. The van der Waals surface area contributed by atoms with Crippen LogP contribution < -0.4 is 4.74 Å². The number of amides is 1. The highest BCUT2D eigenvalue weighted by Gasteiger charge is 2.41. The lowest BCUT2D eigenvalue weighted by atomic mass is 9.96. The van der Waals surface area contributed by atoms with Crippen LogP contribution in [-0.2, 0) is 4.79 Å². The minimum Gasteiger partial charge on any atom is -0.480 e. The second kappa shape index (κ2) is 4.90. The molecular weight excluding hydrogens is 244 g/mol. The molecule has 1 aromatic carbocycles. The van der Waals surface area contributed by atoms with Gasteiger partial charge in [0.1, 0.15) is 11.8 Å². The van der Waals surface area contributed by atoms with Gasteiger partial charge in [0.25, 0.3) is 5.91 Å². The van der Waals surface area contributed by atoms with E-state index >= 15 is 0 Å².